The number of ether oxygens (including phenoxy) is 8. The number of primary amides is 1. The number of hydrogen-bond donors (Lipinski definition) is 5. The normalized spacial score (nSPS) is 17.5. The minimum absolute atomic E-state index is 0.177. The molecule has 3 amide bonds. The Morgan fingerprint density at radius 1 is 0.623 bits per heavy atom. The molecule has 4 aromatic carbocycles. The fourth-order valence-electron chi connectivity index (χ4n) is 9.63. The van der Waals surface area contributed by atoms with Crippen molar-refractivity contribution in [1.29, 1.82) is 0 Å². The quantitative estimate of drug-likeness (QED) is 0.0634. The number of methoxy groups -OCH3 is 2. The van der Waals surface area contributed by atoms with Gasteiger partial charge < -0.3 is 69.4 Å². The highest BCUT2D eigenvalue weighted by Gasteiger charge is 2.28. The van der Waals surface area contributed by atoms with E-state index < -0.39 is 18.0 Å². The molecule has 4 aliphatic heterocycles. The van der Waals surface area contributed by atoms with Crippen LogP contribution in [0.4, 0.5) is 39.7 Å². The third-order valence-corrected chi connectivity index (χ3v) is 13.8. The van der Waals surface area contributed by atoms with Gasteiger partial charge in [-0.2, -0.15) is 9.97 Å². The Kier molecular flexibility index (Phi) is 17.2. The van der Waals surface area contributed by atoms with Crippen LogP contribution in [0.5, 0.6) is 23.0 Å². The van der Waals surface area contributed by atoms with Crippen molar-refractivity contribution in [3.05, 3.63) is 83.4 Å². The lowest BCUT2D eigenvalue weighted by Crippen LogP contribution is -2.39. The second kappa shape index (κ2) is 25.1. The third-order valence-electron chi connectivity index (χ3n) is 13.8. The van der Waals surface area contributed by atoms with E-state index in [1.165, 1.54) is 6.07 Å². The lowest BCUT2D eigenvalue weighted by atomic mass is 10.0. The summed E-state index contributed by atoms with van der Waals surface area (Å²) in [5.41, 5.74) is 10.3. The van der Waals surface area contributed by atoms with Gasteiger partial charge in [0.2, 0.25) is 17.8 Å². The first-order valence-corrected chi connectivity index (χ1v) is 26.1. The van der Waals surface area contributed by atoms with E-state index in [9.17, 15) is 9.59 Å². The van der Waals surface area contributed by atoms with Gasteiger partial charge in [0.05, 0.1) is 84.7 Å². The van der Waals surface area contributed by atoms with Crippen molar-refractivity contribution < 1.29 is 47.5 Å². The summed E-state index contributed by atoms with van der Waals surface area (Å²) < 4.78 is 47.3. The number of aromatic nitrogens is 4. The smallest absolute Gasteiger partial charge is 0.324 e. The van der Waals surface area contributed by atoms with Gasteiger partial charge >= 0.3 is 6.03 Å². The summed E-state index contributed by atoms with van der Waals surface area (Å²) in [7, 11) is 3.19. The maximum Gasteiger partial charge on any atom is 0.324 e. The summed E-state index contributed by atoms with van der Waals surface area (Å²) >= 11 is 0. The SMILES string of the molecule is COc1cc2nc(N3CCOC(c4cc(NC(=O)Nc5nc(N6CCOCC6)nc6cc(OC)c(OCCN7CCOCC7)cc56)cc(C(N)=O)c4)C3)nc(NCNc3cccc(C)c3)c2cc1OCCN1CCOCC1. The van der Waals surface area contributed by atoms with Crippen molar-refractivity contribution in [3.63, 3.8) is 0 Å². The number of anilines is 6. The van der Waals surface area contributed by atoms with Gasteiger partial charge in [-0.25, -0.2) is 14.8 Å². The first kappa shape index (κ1) is 52.9. The van der Waals surface area contributed by atoms with Crippen molar-refractivity contribution in [1.82, 2.24) is 29.7 Å². The second-order valence-electron chi connectivity index (χ2n) is 19.0. The Labute approximate surface area is 446 Å². The molecule has 6 N–H and O–H groups in total. The molecule has 77 heavy (non-hydrogen) atoms. The van der Waals surface area contributed by atoms with E-state index in [-0.39, 0.29) is 11.4 Å². The molecule has 4 saturated heterocycles. The van der Waals surface area contributed by atoms with Crippen LogP contribution >= 0.6 is 0 Å². The van der Waals surface area contributed by atoms with Crippen LogP contribution in [0.15, 0.2) is 66.7 Å². The topological polar surface area (TPSA) is 247 Å². The number of hydrogen-bond acceptors (Lipinski definition) is 20. The molecule has 1 unspecified atom stereocenters. The highest BCUT2D eigenvalue weighted by atomic mass is 16.5. The fraction of sp³-hybridized carbons (Fsp3) is 0.444. The molecule has 6 aromatic rings. The largest absolute Gasteiger partial charge is 0.493 e. The van der Waals surface area contributed by atoms with Gasteiger partial charge in [0, 0.05) is 98.7 Å². The van der Waals surface area contributed by atoms with Crippen molar-refractivity contribution in [2.45, 2.75) is 13.0 Å². The van der Waals surface area contributed by atoms with Crippen molar-refractivity contribution in [3.8, 4) is 23.0 Å². The molecular formula is C54H67N13O10. The number of nitrogens with one attached hydrogen (secondary N) is 4. The number of fused-ring (bicyclic) bond motifs is 2. The highest BCUT2D eigenvalue weighted by molar-refractivity contribution is 6.06. The van der Waals surface area contributed by atoms with Crippen LogP contribution in [0.3, 0.4) is 0 Å². The van der Waals surface area contributed by atoms with Crippen LogP contribution in [-0.2, 0) is 18.9 Å². The summed E-state index contributed by atoms with van der Waals surface area (Å²) in [6.45, 7) is 14.1. The molecule has 0 bridgehead atoms. The van der Waals surface area contributed by atoms with Gasteiger partial charge in [0.1, 0.15) is 31.0 Å². The standard InChI is InChI=1S/C54H67N13O10/c1-35-5-4-6-38(25-35)56-34-57-50-40-29-46(75-22-11-64-7-16-72-17-8-64)44(70-2)31-42(40)60-53(61-50)67-15-24-77-48(33-67)36-26-37(49(55)68)28-39(27-36)58-54(69)63-51-41-30-47(76-23-12-65-9-18-73-19-10-65)45(71-3)32-43(41)59-52(62-51)66-13-20-74-21-14-66/h4-6,25-32,48,56H,7-24,33-34H2,1-3H3,(H2,55,68)(H,57,60,61)(H2,58,59,62,63,69). The molecule has 10 rings (SSSR count). The number of rotatable bonds is 20. The van der Waals surface area contributed by atoms with E-state index in [1.54, 1.807) is 38.5 Å². The molecule has 6 heterocycles. The van der Waals surface area contributed by atoms with Gasteiger partial charge in [0.25, 0.3) is 0 Å². The average Bonchev–Trinajstić information content (AvgIpc) is 3.45. The summed E-state index contributed by atoms with van der Waals surface area (Å²) in [6.07, 6.45) is -0.583. The summed E-state index contributed by atoms with van der Waals surface area (Å²) in [5, 5.41) is 14.1. The Morgan fingerprint density at radius 3 is 1.82 bits per heavy atom. The highest BCUT2D eigenvalue weighted by Crippen LogP contribution is 2.38. The number of nitrogens with zero attached hydrogens (tertiary/aromatic N) is 8. The van der Waals surface area contributed by atoms with Crippen molar-refractivity contribution in [2.75, 3.05) is 177 Å². The number of nitrogens with two attached hydrogens (primary N) is 1. The number of benzene rings is 4. The summed E-state index contributed by atoms with van der Waals surface area (Å²) in [6, 6.07) is 19.8. The summed E-state index contributed by atoms with van der Waals surface area (Å²) in [4.78, 5) is 55.7. The Morgan fingerprint density at radius 2 is 1.21 bits per heavy atom. The number of morpholine rings is 4. The fourth-order valence-corrected chi connectivity index (χ4v) is 9.63. The predicted molar refractivity (Wildman–Crippen MR) is 293 cm³/mol. The molecular weight excluding hydrogens is 991 g/mol. The molecule has 1 atom stereocenters. The Hall–Kier alpha value is -7.54. The van der Waals surface area contributed by atoms with E-state index in [0.717, 1.165) is 49.4 Å². The van der Waals surface area contributed by atoms with Crippen molar-refractivity contribution in [2.24, 2.45) is 5.73 Å². The Balaban J connectivity index is 0.897. The lowest BCUT2D eigenvalue weighted by molar-refractivity contribution is 0.0320. The molecule has 4 fully saturated rings. The first-order valence-electron chi connectivity index (χ1n) is 26.1. The number of carbonyl (C=O) groups excluding carboxylic acids is 2. The van der Waals surface area contributed by atoms with Gasteiger partial charge in [-0.15, -0.1) is 0 Å². The van der Waals surface area contributed by atoms with E-state index in [2.05, 4.69) is 37.1 Å². The van der Waals surface area contributed by atoms with Crippen LogP contribution < -0.4 is 55.7 Å². The minimum Gasteiger partial charge on any atom is -0.493 e. The van der Waals surface area contributed by atoms with Gasteiger partial charge in [-0.3, -0.25) is 19.9 Å². The predicted octanol–water partition coefficient (Wildman–Crippen LogP) is 4.96. The van der Waals surface area contributed by atoms with E-state index in [4.69, 9.17) is 63.6 Å². The van der Waals surface area contributed by atoms with Crippen molar-refractivity contribution >= 4 is 68.7 Å². The molecule has 23 heteroatoms. The van der Waals surface area contributed by atoms with E-state index >= 15 is 0 Å². The number of aryl methyl sites for hydroxylation is 1. The zero-order valence-corrected chi connectivity index (χ0v) is 43.8. The molecule has 0 spiro atoms. The van der Waals surface area contributed by atoms with Gasteiger partial charge in [-0.05, 0) is 60.5 Å². The second-order valence-corrected chi connectivity index (χ2v) is 19.0. The molecule has 2 aromatic heterocycles. The van der Waals surface area contributed by atoms with Gasteiger partial charge in [-0.1, -0.05) is 12.1 Å². The monoisotopic (exact) mass is 1060 g/mol. The number of carbonyl (C=O) groups is 2. The van der Waals surface area contributed by atoms with E-state index in [1.807, 2.05) is 47.1 Å². The van der Waals surface area contributed by atoms with Crippen LogP contribution in [-0.4, -0.2) is 187 Å². The van der Waals surface area contributed by atoms with Crippen LogP contribution in [0.25, 0.3) is 21.8 Å². The molecule has 0 radical (unpaired) electrons. The first-order chi connectivity index (χ1) is 37.7. The maximum absolute atomic E-state index is 14.2. The third kappa shape index (κ3) is 13.4. The minimum atomic E-state index is -0.679. The molecule has 4 aliphatic rings. The van der Waals surface area contributed by atoms with E-state index in [0.29, 0.717) is 167 Å². The summed E-state index contributed by atoms with van der Waals surface area (Å²) in [5.74, 6) is 3.11. The Bertz CT molecular complexity index is 3030. The lowest BCUT2D eigenvalue weighted by Gasteiger charge is -2.34. The average molecular weight is 1060 g/mol. The zero-order valence-electron chi connectivity index (χ0n) is 43.8. The molecule has 408 valence electrons. The maximum atomic E-state index is 14.2. The number of urea groups is 1. The number of amides is 3. The van der Waals surface area contributed by atoms with Gasteiger partial charge in [0.15, 0.2) is 23.0 Å². The van der Waals surface area contributed by atoms with Crippen LogP contribution in [0.1, 0.15) is 27.6 Å². The zero-order chi connectivity index (χ0) is 53.1. The van der Waals surface area contributed by atoms with Crippen LogP contribution in [0.2, 0.25) is 0 Å². The molecule has 23 nitrogen and oxygen atoms in total. The molecule has 0 saturated carbocycles. The molecule has 0 aliphatic carbocycles. The van der Waals surface area contributed by atoms with Crippen LogP contribution in [0, 0.1) is 6.92 Å².